The average molecular weight is 332 g/mol. The number of carbonyl (C=O) groups excluding carboxylic acids is 2. The molecule has 1 aliphatic carbocycles. The Morgan fingerprint density at radius 3 is 2.75 bits per heavy atom. The standard InChI is InChI=1S/C18H21FN2O3/c1-3-14(24-4-2)15-12-9-11(5-6-13(12)21-17(15)23)16(22)20-10-18(19)7-8-18/h5-6,9H,3-4,7-8,10H2,1-2H3,(H,20,22)(H,21,23)/b15-14-. The third-order valence-electron chi connectivity index (χ3n) is 4.30. The van der Waals surface area contributed by atoms with E-state index in [-0.39, 0.29) is 18.4 Å². The van der Waals surface area contributed by atoms with E-state index in [2.05, 4.69) is 10.6 Å². The van der Waals surface area contributed by atoms with Crippen molar-refractivity contribution < 1.29 is 18.7 Å². The zero-order chi connectivity index (χ0) is 17.3. The normalized spacial score (nSPS) is 19.4. The van der Waals surface area contributed by atoms with Gasteiger partial charge < -0.3 is 15.4 Å². The van der Waals surface area contributed by atoms with E-state index >= 15 is 0 Å². The number of carbonyl (C=O) groups is 2. The van der Waals surface area contributed by atoms with Crippen LogP contribution < -0.4 is 10.6 Å². The highest BCUT2D eigenvalue weighted by molar-refractivity contribution is 6.32. The van der Waals surface area contributed by atoms with Crippen LogP contribution in [-0.4, -0.2) is 30.6 Å². The highest BCUT2D eigenvalue weighted by atomic mass is 19.1. The Kier molecular flexibility index (Phi) is 4.30. The maximum absolute atomic E-state index is 13.7. The van der Waals surface area contributed by atoms with Crippen LogP contribution in [0.5, 0.6) is 0 Å². The quantitative estimate of drug-likeness (QED) is 0.621. The number of halogens is 1. The fourth-order valence-electron chi connectivity index (χ4n) is 2.76. The van der Waals surface area contributed by atoms with Crippen molar-refractivity contribution >= 4 is 23.1 Å². The van der Waals surface area contributed by atoms with E-state index in [1.165, 1.54) is 0 Å². The maximum atomic E-state index is 13.7. The summed E-state index contributed by atoms with van der Waals surface area (Å²) in [4.78, 5) is 24.5. The number of rotatable bonds is 6. The number of benzene rings is 1. The lowest BCUT2D eigenvalue weighted by Crippen LogP contribution is -2.31. The minimum atomic E-state index is -1.24. The largest absolute Gasteiger partial charge is 0.497 e. The molecule has 6 heteroatoms. The molecule has 0 unspecified atom stereocenters. The number of nitrogens with one attached hydrogen (secondary N) is 2. The predicted molar refractivity (Wildman–Crippen MR) is 89.3 cm³/mol. The summed E-state index contributed by atoms with van der Waals surface area (Å²) < 4.78 is 19.2. The Morgan fingerprint density at radius 1 is 1.38 bits per heavy atom. The van der Waals surface area contributed by atoms with Gasteiger partial charge in [0.2, 0.25) is 0 Å². The molecule has 3 rings (SSSR count). The van der Waals surface area contributed by atoms with E-state index in [1.807, 2.05) is 13.8 Å². The lowest BCUT2D eigenvalue weighted by molar-refractivity contribution is -0.111. The molecule has 2 aliphatic rings. The van der Waals surface area contributed by atoms with Crippen molar-refractivity contribution in [2.24, 2.45) is 0 Å². The molecular formula is C18H21FN2O3. The van der Waals surface area contributed by atoms with Gasteiger partial charge in [-0.15, -0.1) is 0 Å². The van der Waals surface area contributed by atoms with Gasteiger partial charge in [-0.2, -0.15) is 0 Å². The van der Waals surface area contributed by atoms with E-state index in [9.17, 15) is 14.0 Å². The van der Waals surface area contributed by atoms with Crippen LogP contribution in [0.3, 0.4) is 0 Å². The van der Waals surface area contributed by atoms with Gasteiger partial charge in [-0.25, -0.2) is 4.39 Å². The second kappa shape index (κ2) is 6.26. The summed E-state index contributed by atoms with van der Waals surface area (Å²) in [6.45, 7) is 4.27. The zero-order valence-electron chi connectivity index (χ0n) is 13.9. The summed E-state index contributed by atoms with van der Waals surface area (Å²) >= 11 is 0. The molecule has 0 saturated heterocycles. The van der Waals surface area contributed by atoms with Crippen molar-refractivity contribution in [3.63, 3.8) is 0 Å². The van der Waals surface area contributed by atoms with Crippen LogP contribution in [-0.2, 0) is 9.53 Å². The summed E-state index contributed by atoms with van der Waals surface area (Å²) in [5, 5.41) is 5.40. The van der Waals surface area contributed by atoms with Crippen molar-refractivity contribution in [1.29, 1.82) is 0 Å². The number of hydrogen-bond acceptors (Lipinski definition) is 3. The van der Waals surface area contributed by atoms with Gasteiger partial charge in [0, 0.05) is 23.2 Å². The number of alkyl halides is 1. The molecule has 1 aromatic carbocycles. The molecule has 5 nitrogen and oxygen atoms in total. The Hall–Kier alpha value is -2.37. The molecule has 0 radical (unpaired) electrons. The minimum absolute atomic E-state index is 0.0297. The number of hydrogen-bond donors (Lipinski definition) is 2. The lowest BCUT2D eigenvalue weighted by Gasteiger charge is -2.11. The van der Waals surface area contributed by atoms with Crippen molar-refractivity contribution in [2.45, 2.75) is 38.8 Å². The van der Waals surface area contributed by atoms with Crippen LogP contribution in [0.15, 0.2) is 24.0 Å². The Balaban J connectivity index is 1.88. The van der Waals surface area contributed by atoms with Crippen molar-refractivity contribution in [2.75, 3.05) is 18.5 Å². The van der Waals surface area contributed by atoms with Crippen LogP contribution in [0.2, 0.25) is 0 Å². The first kappa shape index (κ1) is 16.5. The van der Waals surface area contributed by atoms with E-state index in [0.717, 1.165) is 0 Å². The van der Waals surface area contributed by atoms with Gasteiger partial charge in [-0.1, -0.05) is 6.92 Å². The maximum Gasteiger partial charge on any atom is 0.259 e. The van der Waals surface area contributed by atoms with Crippen LogP contribution in [0, 0.1) is 0 Å². The SMILES string of the molecule is CCO/C(CC)=C1\C(=O)Nc2ccc(C(=O)NCC3(F)CC3)cc21. The average Bonchev–Trinajstić information content (AvgIpc) is 3.22. The summed E-state index contributed by atoms with van der Waals surface area (Å²) in [5.41, 5.74) is 0.937. The molecule has 1 aliphatic heterocycles. The van der Waals surface area contributed by atoms with Crippen molar-refractivity contribution in [3.8, 4) is 0 Å². The predicted octanol–water partition coefficient (Wildman–Crippen LogP) is 3.03. The molecule has 2 N–H and O–H groups in total. The van der Waals surface area contributed by atoms with Gasteiger partial charge in [0.1, 0.15) is 11.4 Å². The minimum Gasteiger partial charge on any atom is -0.497 e. The highest BCUT2D eigenvalue weighted by Gasteiger charge is 2.43. The lowest BCUT2D eigenvalue weighted by atomic mass is 10.0. The summed E-state index contributed by atoms with van der Waals surface area (Å²) in [5.74, 6) is 0.0374. The number of amides is 2. The van der Waals surface area contributed by atoms with Crippen molar-refractivity contribution in [3.05, 3.63) is 35.1 Å². The van der Waals surface area contributed by atoms with E-state index in [1.54, 1.807) is 18.2 Å². The summed E-state index contributed by atoms with van der Waals surface area (Å²) in [7, 11) is 0. The molecule has 0 atom stereocenters. The number of anilines is 1. The molecule has 0 spiro atoms. The monoisotopic (exact) mass is 332 g/mol. The molecule has 1 fully saturated rings. The molecule has 0 aromatic heterocycles. The fourth-order valence-corrected chi connectivity index (χ4v) is 2.76. The van der Waals surface area contributed by atoms with Crippen LogP contribution in [0.4, 0.5) is 10.1 Å². The third kappa shape index (κ3) is 3.13. The second-order valence-electron chi connectivity index (χ2n) is 6.13. The molecule has 1 saturated carbocycles. The molecule has 1 aromatic rings. The van der Waals surface area contributed by atoms with Gasteiger partial charge in [0.05, 0.1) is 18.7 Å². The Bertz CT molecular complexity index is 723. The first-order valence-electron chi connectivity index (χ1n) is 8.26. The van der Waals surface area contributed by atoms with Gasteiger partial charge in [0.25, 0.3) is 11.8 Å². The topological polar surface area (TPSA) is 67.4 Å². The first-order chi connectivity index (χ1) is 11.5. The van der Waals surface area contributed by atoms with Crippen LogP contribution >= 0.6 is 0 Å². The van der Waals surface area contributed by atoms with E-state index in [0.29, 0.717) is 54.0 Å². The molecule has 0 bridgehead atoms. The third-order valence-corrected chi connectivity index (χ3v) is 4.30. The zero-order valence-corrected chi connectivity index (χ0v) is 13.9. The Labute approximate surface area is 140 Å². The van der Waals surface area contributed by atoms with Crippen LogP contribution in [0.25, 0.3) is 5.57 Å². The molecule has 24 heavy (non-hydrogen) atoms. The van der Waals surface area contributed by atoms with E-state index < -0.39 is 5.67 Å². The van der Waals surface area contributed by atoms with Gasteiger partial charge in [0.15, 0.2) is 0 Å². The molecule has 2 amide bonds. The summed E-state index contributed by atoms with van der Waals surface area (Å²) in [6.07, 6.45) is 1.57. The van der Waals surface area contributed by atoms with Gasteiger partial charge in [-0.05, 0) is 38.0 Å². The summed E-state index contributed by atoms with van der Waals surface area (Å²) in [6, 6.07) is 4.97. The van der Waals surface area contributed by atoms with Crippen molar-refractivity contribution in [1.82, 2.24) is 5.32 Å². The number of allylic oxidation sites excluding steroid dienone is 1. The smallest absolute Gasteiger partial charge is 0.259 e. The molecular weight excluding hydrogens is 311 g/mol. The first-order valence-corrected chi connectivity index (χ1v) is 8.26. The number of ether oxygens (including phenoxy) is 1. The van der Waals surface area contributed by atoms with Gasteiger partial charge >= 0.3 is 0 Å². The molecule has 1 heterocycles. The van der Waals surface area contributed by atoms with Gasteiger partial charge in [-0.3, -0.25) is 9.59 Å². The van der Waals surface area contributed by atoms with E-state index in [4.69, 9.17) is 4.74 Å². The number of fused-ring (bicyclic) bond motifs is 1. The second-order valence-corrected chi connectivity index (χ2v) is 6.13. The molecule has 128 valence electrons. The highest BCUT2D eigenvalue weighted by Crippen LogP contribution is 2.39. The van der Waals surface area contributed by atoms with Crippen LogP contribution in [0.1, 0.15) is 49.0 Å². The Morgan fingerprint density at radius 2 is 2.12 bits per heavy atom. The fraction of sp³-hybridized carbons (Fsp3) is 0.444.